The van der Waals surface area contributed by atoms with Gasteiger partial charge >= 0.3 is 0 Å². The van der Waals surface area contributed by atoms with E-state index in [0.717, 1.165) is 17.0 Å². The molecule has 1 N–H and O–H groups in total. The van der Waals surface area contributed by atoms with E-state index in [1.54, 1.807) is 24.3 Å². The van der Waals surface area contributed by atoms with Gasteiger partial charge in [-0.3, -0.25) is 4.79 Å². The van der Waals surface area contributed by atoms with Crippen molar-refractivity contribution in [3.8, 4) is 5.75 Å². The summed E-state index contributed by atoms with van der Waals surface area (Å²) in [6.45, 7) is 7.77. The quantitative estimate of drug-likeness (QED) is 0.787. The molecule has 2 aromatic carbocycles. The Kier molecular flexibility index (Phi) is 6.18. The Bertz CT molecular complexity index is 650. The third-order valence-electron chi connectivity index (χ3n) is 3.58. The van der Waals surface area contributed by atoms with Crippen LogP contribution in [0.15, 0.2) is 42.5 Å². The van der Waals surface area contributed by atoms with Crippen LogP contribution in [-0.4, -0.2) is 25.7 Å². The predicted molar refractivity (Wildman–Crippen MR) is 92.3 cm³/mol. The zero-order valence-corrected chi connectivity index (χ0v) is 13.9. The van der Waals surface area contributed by atoms with Gasteiger partial charge in [0.05, 0.1) is 6.61 Å². The number of aryl methyl sites for hydroxylation is 2. The normalized spacial score (nSPS) is 10.4. The number of ether oxygens (including phenoxy) is 2. The van der Waals surface area contributed by atoms with Crippen LogP contribution in [0.2, 0.25) is 0 Å². The molecule has 0 heterocycles. The molecule has 0 unspecified atom stereocenters. The Morgan fingerprint density at radius 2 is 1.74 bits per heavy atom. The maximum atomic E-state index is 12.2. The molecule has 0 spiro atoms. The number of carbonyl (C=O) groups is 1. The molecule has 2 rings (SSSR count). The highest BCUT2D eigenvalue weighted by Crippen LogP contribution is 2.17. The Labute approximate surface area is 137 Å². The second-order valence-corrected chi connectivity index (χ2v) is 5.32. The van der Waals surface area contributed by atoms with Crippen LogP contribution in [0.5, 0.6) is 5.75 Å². The number of hydrogen-bond acceptors (Lipinski definition) is 3. The SMILES string of the molecule is CCOCCOc1ccc(C(=O)Nc2ccc(C)c(C)c2)cc1. The minimum atomic E-state index is -0.130. The second-order valence-electron chi connectivity index (χ2n) is 5.32. The number of rotatable bonds is 7. The van der Waals surface area contributed by atoms with Gasteiger partial charge in [-0.25, -0.2) is 0 Å². The van der Waals surface area contributed by atoms with Crippen LogP contribution in [0.25, 0.3) is 0 Å². The van der Waals surface area contributed by atoms with Gasteiger partial charge in [-0.2, -0.15) is 0 Å². The minimum absolute atomic E-state index is 0.130. The predicted octanol–water partition coefficient (Wildman–Crippen LogP) is 3.97. The third kappa shape index (κ3) is 5.11. The van der Waals surface area contributed by atoms with Gasteiger partial charge in [0.1, 0.15) is 12.4 Å². The molecule has 0 fully saturated rings. The smallest absolute Gasteiger partial charge is 0.255 e. The van der Waals surface area contributed by atoms with Crippen LogP contribution in [0.3, 0.4) is 0 Å². The van der Waals surface area contributed by atoms with Crippen LogP contribution in [0.1, 0.15) is 28.4 Å². The summed E-state index contributed by atoms with van der Waals surface area (Å²) in [4.78, 5) is 12.2. The van der Waals surface area contributed by atoms with Crippen LogP contribution in [0, 0.1) is 13.8 Å². The van der Waals surface area contributed by atoms with Crippen molar-refractivity contribution < 1.29 is 14.3 Å². The first-order chi connectivity index (χ1) is 11.1. The van der Waals surface area contributed by atoms with E-state index in [9.17, 15) is 4.79 Å². The van der Waals surface area contributed by atoms with Gasteiger partial charge < -0.3 is 14.8 Å². The van der Waals surface area contributed by atoms with Crippen molar-refractivity contribution in [2.24, 2.45) is 0 Å². The Hall–Kier alpha value is -2.33. The Morgan fingerprint density at radius 3 is 2.39 bits per heavy atom. The Balaban J connectivity index is 1.93. The number of carbonyl (C=O) groups excluding carboxylic acids is 1. The molecule has 0 aromatic heterocycles. The molecule has 0 bridgehead atoms. The molecule has 0 aliphatic heterocycles. The summed E-state index contributed by atoms with van der Waals surface area (Å²) < 4.78 is 10.7. The molecule has 0 aliphatic rings. The van der Waals surface area contributed by atoms with Crippen molar-refractivity contribution in [1.82, 2.24) is 0 Å². The van der Waals surface area contributed by atoms with Crippen LogP contribution < -0.4 is 10.1 Å². The summed E-state index contributed by atoms with van der Waals surface area (Å²) >= 11 is 0. The zero-order valence-electron chi connectivity index (χ0n) is 13.9. The van der Waals surface area contributed by atoms with Crippen molar-refractivity contribution in [2.45, 2.75) is 20.8 Å². The summed E-state index contributed by atoms with van der Waals surface area (Å²) in [6, 6.07) is 13.0. The van der Waals surface area contributed by atoms with Gasteiger partial charge in [-0.15, -0.1) is 0 Å². The lowest BCUT2D eigenvalue weighted by Gasteiger charge is -2.09. The maximum absolute atomic E-state index is 12.2. The molecule has 4 nitrogen and oxygen atoms in total. The number of anilines is 1. The van der Waals surface area contributed by atoms with Crippen molar-refractivity contribution >= 4 is 11.6 Å². The average molecular weight is 313 g/mol. The molecule has 0 saturated carbocycles. The molecular weight excluding hydrogens is 290 g/mol. The van der Waals surface area contributed by atoms with Gasteiger partial charge in [0.2, 0.25) is 0 Å². The Morgan fingerprint density at radius 1 is 1.00 bits per heavy atom. The molecule has 2 aromatic rings. The fraction of sp³-hybridized carbons (Fsp3) is 0.316. The standard InChI is InChI=1S/C19H23NO3/c1-4-22-11-12-23-18-9-6-16(7-10-18)19(21)20-17-8-5-14(2)15(3)13-17/h5-10,13H,4,11-12H2,1-3H3,(H,20,21). The fourth-order valence-electron chi connectivity index (χ4n) is 2.09. The van der Waals surface area contributed by atoms with Crippen LogP contribution >= 0.6 is 0 Å². The van der Waals surface area contributed by atoms with Crippen molar-refractivity contribution in [3.63, 3.8) is 0 Å². The topological polar surface area (TPSA) is 47.6 Å². The summed E-state index contributed by atoms with van der Waals surface area (Å²) in [6.07, 6.45) is 0. The van der Waals surface area contributed by atoms with E-state index in [4.69, 9.17) is 9.47 Å². The van der Waals surface area contributed by atoms with Gasteiger partial charge in [0.15, 0.2) is 0 Å². The third-order valence-corrected chi connectivity index (χ3v) is 3.58. The summed E-state index contributed by atoms with van der Waals surface area (Å²) in [5.41, 5.74) is 3.76. The highest BCUT2D eigenvalue weighted by Gasteiger charge is 2.07. The lowest BCUT2D eigenvalue weighted by atomic mass is 10.1. The van der Waals surface area contributed by atoms with Gasteiger partial charge in [0, 0.05) is 17.9 Å². The van der Waals surface area contributed by atoms with E-state index in [1.807, 2.05) is 39.0 Å². The molecule has 0 saturated heterocycles. The van der Waals surface area contributed by atoms with Gasteiger partial charge in [-0.05, 0) is 68.3 Å². The second kappa shape index (κ2) is 8.34. The number of hydrogen-bond donors (Lipinski definition) is 1. The number of nitrogens with one attached hydrogen (secondary N) is 1. The van der Waals surface area contributed by atoms with Gasteiger partial charge in [0.25, 0.3) is 5.91 Å². The first-order valence-corrected chi connectivity index (χ1v) is 7.79. The molecular formula is C19H23NO3. The molecule has 4 heteroatoms. The van der Waals surface area contributed by atoms with E-state index in [-0.39, 0.29) is 5.91 Å². The van der Waals surface area contributed by atoms with Crippen LogP contribution in [0.4, 0.5) is 5.69 Å². The average Bonchev–Trinajstić information content (AvgIpc) is 2.55. The van der Waals surface area contributed by atoms with Crippen LogP contribution in [-0.2, 0) is 4.74 Å². The number of benzene rings is 2. The largest absolute Gasteiger partial charge is 0.491 e. The first-order valence-electron chi connectivity index (χ1n) is 7.79. The van der Waals surface area contributed by atoms with E-state index in [2.05, 4.69) is 5.32 Å². The van der Waals surface area contributed by atoms with E-state index in [0.29, 0.717) is 25.4 Å². The molecule has 122 valence electrons. The molecule has 0 atom stereocenters. The zero-order chi connectivity index (χ0) is 16.7. The lowest BCUT2D eigenvalue weighted by Crippen LogP contribution is -2.12. The van der Waals surface area contributed by atoms with E-state index < -0.39 is 0 Å². The lowest BCUT2D eigenvalue weighted by molar-refractivity contribution is 0.102. The maximum Gasteiger partial charge on any atom is 0.255 e. The first kappa shape index (κ1) is 17.0. The monoisotopic (exact) mass is 313 g/mol. The van der Waals surface area contributed by atoms with Crippen molar-refractivity contribution in [2.75, 3.05) is 25.1 Å². The number of amides is 1. The highest BCUT2D eigenvalue weighted by atomic mass is 16.5. The van der Waals surface area contributed by atoms with E-state index >= 15 is 0 Å². The molecule has 0 aliphatic carbocycles. The molecule has 1 amide bonds. The van der Waals surface area contributed by atoms with E-state index in [1.165, 1.54) is 5.56 Å². The summed E-state index contributed by atoms with van der Waals surface area (Å²) in [5, 5.41) is 2.91. The van der Waals surface area contributed by atoms with Gasteiger partial charge in [-0.1, -0.05) is 6.07 Å². The molecule has 23 heavy (non-hydrogen) atoms. The highest BCUT2D eigenvalue weighted by molar-refractivity contribution is 6.04. The molecule has 0 radical (unpaired) electrons. The summed E-state index contributed by atoms with van der Waals surface area (Å²) in [5.74, 6) is 0.599. The summed E-state index contributed by atoms with van der Waals surface area (Å²) in [7, 11) is 0. The fourth-order valence-corrected chi connectivity index (χ4v) is 2.09. The van der Waals surface area contributed by atoms with Crippen molar-refractivity contribution in [1.29, 1.82) is 0 Å². The minimum Gasteiger partial charge on any atom is -0.491 e. The van der Waals surface area contributed by atoms with Crippen molar-refractivity contribution in [3.05, 3.63) is 59.2 Å².